The zero-order valence-corrected chi connectivity index (χ0v) is 14.0. The average Bonchev–Trinajstić information content (AvgIpc) is 3.13. The highest BCUT2D eigenvalue weighted by atomic mass is 16.5. The zero-order chi connectivity index (χ0) is 16.7. The third kappa shape index (κ3) is 2.83. The maximum atomic E-state index is 10.4. The maximum Gasteiger partial charge on any atom is 0.157 e. The largest absolute Gasteiger partial charge is 0.482 e. The van der Waals surface area contributed by atoms with E-state index in [0.29, 0.717) is 18.8 Å². The molecule has 2 aliphatic heterocycles. The molecule has 1 fully saturated rings. The normalized spacial score (nSPS) is 24.2. The van der Waals surface area contributed by atoms with Crippen LogP contribution in [0.2, 0.25) is 0 Å². The van der Waals surface area contributed by atoms with E-state index in [4.69, 9.17) is 4.74 Å². The molecule has 0 amide bonds. The van der Waals surface area contributed by atoms with Gasteiger partial charge in [0.25, 0.3) is 0 Å². The van der Waals surface area contributed by atoms with Gasteiger partial charge >= 0.3 is 0 Å². The second-order valence-corrected chi connectivity index (χ2v) is 6.59. The molecule has 0 bridgehead atoms. The molecule has 0 spiro atoms. The summed E-state index contributed by atoms with van der Waals surface area (Å²) in [6.07, 6.45) is 5.18. The summed E-state index contributed by atoms with van der Waals surface area (Å²) in [6, 6.07) is 0. The molecule has 24 heavy (non-hydrogen) atoms. The molecule has 0 radical (unpaired) electrons. The Balaban J connectivity index is 1.54. The highest BCUT2D eigenvalue weighted by molar-refractivity contribution is 5.51. The Morgan fingerprint density at radius 3 is 2.92 bits per heavy atom. The molecule has 1 N–H and O–H groups in total. The molecule has 0 aliphatic carbocycles. The van der Waals surface area contributed by atoms with Crippen molar-refractivity contribution in [2.75, 3.05) is 31.6 Å². The smallest absolute Gasteiger partial charge is 0.157 e. The van der Waals surface area contributed by atoms with E-state index in [-0.39, 0.29) is 6.10 Å². The van der Waals surface area contributed by atoms with Crippen molar-refractivity contribution >= 4 is 5.82 Å². The number of anilines is 1. The Kier molecular flexibility index (Phi) is 3.85. The first-order chi connectivity index (χ1) is 11.6. The summed E-state index contributed by atoms with van der Waals surface area (Å²) in [6.45, 7) is 2.96. The number of rotatable bonds is 3. The second-order valence-electron chi connectivity index (χ2n) is 6.59. The lowest BCUT2D eigenvalue weighted by Gasteiger charge is -2.28. The second kappa shape index (κ2) is 6.03. The first kappa shape index (κ1) is 15.3. The van der Waals surface area contributed by atoms with Gasteiger partial charge in [0.1, 0.15) is 24.4 Å². The van der Waals surface area contributed by atoms with Gasteiger partial charge in [-0.25, -0.2) is 9.97 Å². The van der Waals surface area contributed by atoms with Crippen LogP contribution in [0, 0.1) is 0 Å². The molecule has 8 heteroatoms. The standard InChI is InChI=1S/C16H22N6O2/c1-20-4-3-13-12(7-20)16(18-10-17-13)22-8-14(23)15(9-22)24-11-5-19-21(2)6-11/h5-6,10,14-15,23H,3-4,7-9H2,1-2H3/t14-,15-/m1/s1. The number of nitrogens with zero attached hydrogens (tertiary/aromatic N) is 6. The van der Waals surface area contributed by atoms with Gasteiger partial charge in [-0.3, -0.25) is 4.68 Å². The summed E-state index contributed by atoms with van der Waals surface area (Å²) < 4.78 is 7.58. The Morgan fingerprint density at radius 2 is 2.12 bits per heavy atom. The van der Waals surface area contributed by atoms with Gasteiger partial charge in [0.05, 0.1) is 24.6 Å². The van der Waals surface area contributed by atoms with E-state index in [1.54, 1.807) is 23.4 Å². The van der Waals surface area contributed by atoms with Gasteiger partial charge in [-0.1, -0.05) is 0 Å². The summed E-state index contributed by atoms with van der Waals surface area (Å²) in [5.74, 6) is 1.59. The van der Waals surface area contributed by atoms with Crippen molar-refractivity contribution < 1.29 is 9.84 Å². The summed E-state index contributed by atoms with van der Waals surface area (Å²) >= 11 is 0. The van der Waals surface area contributed by atoms with Gasteiger partial charge in [-0.05, 0) is 7.05 Å². The van der Waals surface area contributed by atoms with Gasteiger partial charge in [-0.2, -0.15) is 5.10 Å². The highest BCUT2D eigenvalue weighted by Crippen LogP contribution is 2.29. The molecule has 0 saturated carbocycles. The van der Waals surface area contributed by atoms with Crippen molar-refractivity contribution in [1.82, 2.24) is 24.6 Å². The molecule has 4 heterocycles. The van der Waals surface area contributed by atoms with Crippen LogP contribution < -0.4 is 9.64 Å². The Labute approximate surface area is 140 Å². The fraction of sp³-hybridized carbons (Fsp3) is 0.562. The van der Waals surface area contributed by atoms with Crippen LogP contribution in [0.3, 0.4) is 0 Å². The number of aliphatic hydroxyl groups is 1. The van der Waals surface area contributed by atoms with E-state index in [1.807, 2.05) is 7.05 Å². The number of likely N-dealkylation sites (N-methyl/N-ethyl adjacent to an activating group) is 1. The van der Waals surface area contributed by atoms with Gasteiger partial charge in [0.2, 0.25) is 0 Å². The van der Waals surface area contributed by atoms with Crippen molar-refractivity contribution in [2.45, 2.75) is 25.2 Å². The van der Waals surface area contributed by atoms with Crippen LogP contribution in [-0.4, -0.2) is 68.6 Å². The monoisotopic (exact) mass is 330 g/mol. The molecule has 128 valence electrons. The molecule has 2 aliphatic rings. The van der Waals surface area contributed by atoms with Gasteiger partial charge in [-0.15, -0.1) is 0 Å². The summed E-state index contributed by atoms with van der Waals surface area (Å²) in [5.41, 5.74) is 2.28. The molecule has 2 aromatic heterocycles. The summed E-state index contributed by atoms with van der Waals surface area (Å²) in [7, 11) is 3.95. The van der Waals surface area contributed by atoms with Crippen molar-refractivity contribution in [3.63, 3.8) is 0 Å². The minimum Gasteiger partial charge on any atom is -0.482 e. The predicted octanol–water partition coefficient (Wildman–Crippen LogP) is -0.173. The molecular formula is C16H22N6O2. The lowest BCUT2D eigenvalue weighted by atomic mass is 10.1. The molecular weight excluding hydrogens is 308 g/mol. The van der Waals surface area contributed by atoms with Crippen molar-refractivity contribution in [2.24, 2.45) is 7.05 Å². The molecule has 8 nitrogen and oxygen atoms in total. The molecule has 2 atom stereocenters. The molecule has 2 aromatic rings. The van der Waals surface area contributed by atoms with Crippen LogP contribution in [-0.2, 0) is 20.0 Å². The van der Waals surface area contributed by atoms with Crippen molar-refractivity contribution in [1.29, 1.82) is 0 Å². The Morgan fingerprint density at radius 1 is 1.25 bits per heavy atom. The molecule has 0 aromatic carbocycles. The number of β-amino-alcohol motifs (C(OH)–C–C–N with tert-alkyl or cyclic N) is 1. The van der Waals surface area contributed by atoms with Crippen LogP contribution in [0.1, 0.15) is 11.3 Å². The number of aryl methyl sites for hydroxylation is 1. The summed E-state index contributed by atoms with van der Waals surface area (Å²) in [5, 5.41) is 14.5. The van der Waals surface area contributed by atoms with E-state index in [2.05, 4.69) is 31.9 Å². The van der Waals surface area contributed by atoms with Crippen molar-refractivity contribution in [3.8, 4) is 5.75 Å². The number of hydrogen-bond donors (Lipinski definition) is 1. The summed E-state index contributed by atoms with van der Waals surface area (Å²) in [4.78, 5) is 13.3. The predicted molar refractivity (Wildman–Crippen MR) is 87.9 cm³/mol. The number of fused-ring (bicyclic) bond motifs is 1. The van der Waals surface area contributed by atoms with E-state index >= 15 is 0 Å². The number of hydrogen-bond acceptors (Lipinski definition) is 7. The minimum atomic E-state index is -0.558. The van der Waals surface area contributed by atoms with Gasteiger partial charge in [0, 0.05) is 38.7 Å². The number of aromatic nitrogens is 4. The third-order valence-electron chi connectivity index (χ3n) is 4.68. The van der Waals surface area contributed by atoms with Crippen LogP contribution in [0.5, 0.6) is 5.75 Å². The van der Waals surface area contributed by atoms with Crippen molar-refractivity contribution in [3.05, 3.63) is 30.0 Å². The van der Waals surface area contributed by atoms with Gasteiger partial charge < -0.3 is 19.6 Å². The van der Waals surface area contributed by atoms with Crippen LogP contribution in [0.25, 0.3) is 0 Å². The quantitative estimate of drug-likeness (QED) is 0.837. The van der Waals surface area contributed by atoms with E-state index < -0.39 is 6.10 Å². The first-order valence-electron chi connectivity index (χ1n) is 8.20. The van der Waals surface area contributed by atoms with E-state index in [9.17, 15) is 5.11 Å². The Hall–Kier alpha value is -2.19. The van der Waals surface area contributed by atoms with E-state index in [1.165, 1.54) is 5.56 Å². The lowest BCUT2D eigenvalue weighted by molar-refractivity contribution is 0.0737. The lowest BCUT2D eigenvalue weighted by Crippen LogP contribution is -2.32. The fourth-order valence-electron chi connectivity index (χ4n) is 3.41. The number of aliphatic hydroxyl groups excluding tert-OH is 1. The van der Waals surface area contributed by atoms with Gasteiger partial charge in [0.15, 0.2) is 5.75 Å². The average molecular weight is 330 g/mol. The van der Waals surface area contributed by atoms with E-state index in [0.717, 1.165) is 31.0 Å². The molecule has 0 unspecified atom stereocenters. The highest BCUT2D eigenvalue weighted by Gasteiger charge is 2.36. The fourth-order valence-corrected chi connectivity index (χ4v) is 3.41. The zero-order valence-electron chi connectivity index (χ0n) is 14.0. The maximum absolute atomic E-state index is 10.4. The topological polar surface area (TPSA) is 79.5 Å². The SMILES string of the molecule is CN1CCc2ncnc(N3C[C@@H](O)[C@H](Oc4cnn(C)c4)C3)c2C1. The number of ether oxygens (including phenoxy) is 1. The minimum absolute atomic E-state index is 0.291. The van der Waals surface area contributed by atoms with Crippen LogP contribution in [0.15, 0.2) is 18.7 Å². The van der Waals surface area contributed by atoms with Crippen LogP contribution >= 0.6 is 0 Å². The molecule has 4 rings (SSSR count). The Bertz CT molecular complexity index is 733. The molecule has 1 saturated heterocycles. The third-order valence-corrected chi connectivity index (χ3v) is 4.68. The van der Waals surface area contributed by atoms with Crippen LogP contribution in [0.4, 0.5) is 5.82 Å². The first-order valence-corrected chi connectivity index (χ1v) is 8.20.